The van der Waals surface area contributed by atoms with Crippen molar-refractivity contribution in [3.63, 3.8) is 0 Å². The summed E-state index contributed by atoms with van der Waals surface area (Å²) < 4.78 is 5.90. The molecule has 2 N–H and O–H groups in total. The maximum absolute atomic E-state index is 12.0. The van der Waals surface area contributed by atoms with E-state index in [1.165, 1.54) is 18.0 Å². The molecule has 1 aromatic heterocycles. The van der Waals surface area contributed by atoms with Crippen molar-refractivity contribution in [1.29, 1.82) is 0 Å². The van der Waals surface area contributed by atoms with Crippen LogP contribution in [0, 0.1) is 0 Å². The predicted molar refractivity (Wildman–Crippen MR) is 96.8 cm³/mol. The molecule has 0 spiro atoms. The van der Waals surface area contributed by atoms with Crippen molar-refractivity contribution in [3.8, 4) is 0 Å². The maximum atomic E-state index is 12.0. The first-order chi connectivity index (χ1) is 12.9. The third-order valence-electron chi connectivity index (χ3n) is 3.45. The number of hydrogen-bond acceptors (Lipinski definition) is 7. The predicted octanol–water partition coefficient (Wildman–Crippen LogP) is -0.119. The van der Waals surface area contributed by atoms with Gasteiger partial charge in [-0.05, 0) is 31.8 Å². The quantitative estimate of drug-likeness (QED) is 0.512. The first-order valence-electron chi connectivity index (χ1n) is 8.20. The summed E-state index contributed by atoms with van der Waals surface area (Å²) >= 11 is 0. The minimum absolute atomic E-state index is 0.0687. The van der Waals surface area contributed by atoms with Gasteiger partial charge in [-0.3, -0.25) is 9.59 Å². The van der Waals surface area contributed by atoms with Crippen molar-refractivity contribution in [2.45, 2.75) is 13.1 Å². The third-order valence-corrected chi connectivity index (χ3v) is 3.45. The molecular weight excluding hydrogens is 352 g/mol. The summed E-state index contributed by atoms with van der Waals surface area (Å²) in [5.74, 6) is -2.12. The summed E-state index contributed by atoms with van der Waals surface area (Å²) in [6.45, 7) is 1.12. The molecule has 0 unspecified atom stereocenters. The van der Waals surface area contributed by atoms with Crippen LogP contribution in [-0.2, 0) is 27.4 Å². The van der Waals surface area contributed by atoms with Crippen LogP contribution in [0.4, 0.5) is 5.69 Å². The Morgan fingerprint density at radius 3 is 2.70 bits per heavy atom. The van der Waals surface area contributed by atoms with Crippen LogP contribution in [0.5, 0.6) is 0 Å². The van der Waals surface area contributed by atoms with Crippen molar-refractivity contribution < 1.29 is 19.1 Å². The first kappa shape index (κ1) is 20.0. The number of esters is 1. The van der Waals surface area contributed by atoms with Gasteiger partial charge >= 0.3 is 17.8 Å². The van der Waals surface area contributed by atoms with E-state index in [-0.39, 0.29) is 18.8 Å². The normalized spacial score (nSPS) is 10.5. The molecule has 0 aliphatic carbocycles. The smallest absolute Gasteiger partial charge is 0.360 e. The van der Waals surface area contributed by atoms with Crippen LogP contribution in [0.15, 0.2) is 30.5 Å². The van der Waals surface area contributed by atoms with Gasteiger partial charge < -0.3 is 20.3 Å². The van der Waals surface area contributed by atoms with Gasteiger partial charge in [0.1, 0.15) is 0 Å². The van der Waals surface area contributed by atoms with Crippen LogP contribution < -0.4 is 10.6 Å². The van der Waals surface area contributed by atoms with Crippen molar-refractivity contribution in [1.82, 2.24) is 25.2 Å². The van der Waals surface area contributed by atoms with E-state index < -0.39 is 17.8 Å². The van der Waals surface area contributed by atoms with E-state index in [4.69, 9.17) is 0 Å². The monoisotopic (exact) mass is 374 g/mol. The minimum Gasteiger partial charge on any atom is -0.464 e. The lowest BCUT2D eigenvalue weighted by Crippen LogP contribution is -2.37. The van der Waals surface area contributed by atoms with Crippen molar-refractivity contribution in [2.75, 3.05) is 33.1 Å². The van der Waals surface area contributed by atoms with E-state index >= 15 is 0 Å². The fourth-order valence-corrected chi connectivity index (χ4v) is 2.27. The average molecular weight is 374 g/mol. The zero-order valence-corrected chi connectivity index (χ0v) is 15.4. The lowest BCUT2D eigenvalue weighted by atomic mass is 10.2. The molecule has 0 saturated carbocycles. The Kier molecular flexibility index (Phi) is 7.00. The average Bonchev–Trinajstić information content (AvgIpc) is 3.09. The Balaban J connectivity index is 1.81. The molecular formula is C17H22N6O4. The highest BCUT2D eigenvalue weighted by Crippen LogP contribution is 2.11. The lowest BCUT2D eigenvalue weighted by Gasteiger charge is -2.11. The SMILES string of the molecule is COC(=O)c1cn(CCNC(=O)C(=O)Nc2cccc(CN(C)C)c2)nn1. The van der Waals surface area contributed by atoms with Crippen molar-refractivity contribution in [3.05, 3.63) is 41.7 Å². The van der Waals surface area contributed by atoms with Crippen LogP contribution >= 0.6 is 0 Å². The Hall–Kier alpha value is -3.27. The zero-order valence-electron chi connectivity index (χ0n) is 15.4. The van der Waals surface area contributed by atoms with Gasteiger partial charge in [-0.1, -0.05) is 17.3 Å². The van der Waals surface area contributed by atoms with Gasteiger partial charge in [-0.15, -0.1) is 5.10 Å². The first-order valence-corrected chi connectivity index (χ1v) is 8.20. The van der Waals surface area contributed by atoms with E-state index in [0.717, 1.165) is 12.1 Å². The molecule has 144 valence electrons. The number of nitrogens with zero attached hydrogens (tertiary/aromatic N) is 4. The van der Waals surface area contributed by atoms with E-state index in [1.807, 2.05) is 37.2 Å². The number of nitrogens with one attached hydrogen (secondary N) is 2. The number of hydrogen-bond donors (Lipinski definition) is 2. The Bertz CT molecular complexity index is 817. The standard InChI is InChI=1S/C17H22N6O4/c1-22(2)10-12-5-4-6-13(9-12)19-16(25)15(24)18-7-8-23-11-14(20-21-23)17(26)27-3/h4-6,9,11H,7-8,10H2,1-3H3,(H,18,24)(H,19,25). The molecule has 2 rings (SSSR count). The molecule has 2 aromatic rings. The summed E-state index contributed by atoms with van der Waals surface area (Å²) in [5.41, 5.74) is 1.64. The maximum Gasteiger partial charge on any atom is 0.360 e. The second-order valence-electron chi connectivity index (χ2n) is 6.01. The van der Waals surface area contributed by atoms with Crippen molar-refractivity contribution >= 4 is 23.5 Å². The fourth-order valence-electron chi connectivity index (χ4n) is 2.27. The molecule has 10 nitrogen and oxygen atoms in total. The van der Waals surface area contributed by atoms with Crippen molar-refractivity contribution in [2.24, 2.45) is 0 Å². The highest BCUT2D eigenvalue weighted by Gasteiger charge is 2.14. The highest BCUT2D eigenvalue weighted by atomic mass is 16.5. The third kappa shape index (κ3) is 6.19. The van der Waals surface area contributed by atoms with Gasteiger partial charge in [0, 0.05) is 18.8 Å². The summed E-state index contributed by atoms with van der Waals surface area (Å²) in [4.78, 5) is 37.2. The molecule has 0 atom stereocenters. The Labute approximate surface area is 156 Å². The summed E-state index contributed by atoms with van der Waals surface area (Å²) in [6, 6.07) is 7.29. The number of benzene rings is 1. The summed E-state index contributed by atoms with van der Waals surface area (Å²) in [6.07, 6.45) is 1.40. The molecule has 0 saturated heterocycles. The van der Waals surface area contributed by atoms with E-state index in [0.29, 0.717) is 5.69 Å². The number of carbonyl (C=O) groups excluding carboxylic acids is 3. The number of rotatable bonds is 7. The lowest BCUT2D eigenvalue weighted by molar-refractivity contribution is -0.136. The Morgan fingerprint density at radius 2 is 2.00 bits per heavy atom. The minimum atomic E-state index is -0.763. The molecule has 1 aromatic carbocycles. The van der Waals surface area contributed by atoms with Gasteiger partial charge in [0.15, 0.2) is 5.69 Å². The van der Waals surface area contributed by atoms with Gasteiger partial charge in [0.25, 0.3) is 0 Å². The van der Waals surface area contributed by atoms with E-state index in [1.54, 1.807) is 6.07 Å². The molecule has 0 fully saturated rings. The summed E-state index contributed by atoms with van der Waals surface area (Å²) in [5, 5.41) is 12.4. The second-order valence-corrected chi connectivity index (χ2v) is 6.01. The fraction of sp³-hybridized carbons (Fsp3) is 0.353. The highest BCUT2D eigenvalue weighted by molar-refractivity contribution is 6.39. The largest absolute Gasteiger partial charge is 0.464 e. The molecule has 1 heterocycles. The van der Waals surface area contributed by atoms with Crippen LogP contribution in [0.2, 0.25) is 0 Å². The van der Waals surface area contributed by atoms with Crippen LogP contribution in [-0.4, -0.2) is 65.4 Å². The number of amides is 2. The number of carbonyl (C=O) groups is 3. The number of aromatic nitrogens is 3. The number of methoxy groups -OCH3 is 1. The van der Waals surface area contributed by atoms with E-state index in [2.05, 4.69) is 25.7 Å². The van der Waals surface area contributed by atoms with Gasteiger partial charge in [0.2, 0.25) is 0 Å². The zero-order chi connectivity index (χ0) is 19.8. The molecule has 0 aliphatic heterocycles. The molecule has 0 radical (unpaired) electrons. The topological polar surface area (TPSA) is 118 Å². The number of ether oxygens (including phenoxy) is 1. The molecule has 0 bridgehead atoms. The van der Waals surface area contributed by atoms with Gasteiger partial charge in [-0.25, -0.2) is 9.48 Å². The summed E-state index contributed by atoms with van der Waals surface area (Å²) in [7, 11) is 5.14. The van der Waals surface area contributed by atoms with E-state index in [9.17, 15) is 14.4 Å². The second kappa shape index (κ2) is 9.43. The van der Waals surface area contributed by atoms with Gasteiger partial charge in [-0.2, -0.15) is 0 Å². The molecule has 2 amide bonds. The molecule has 10 heteroatoms. The van der Waals surface area contributed by atoms with Crippen LogP contribution in [0.25, 0.3) is 0 Å². The Morgan fingerprint density at radius 1 is 1.22 bits per heavy atom. The molecule has 27 heavy (non-hydrogen) atoms. The van der Waals surface area contributed by atoms with Gasteiger partial charge in [0.05, 0.1) is 19.9 Å². The van der Waals surface area contributed by atoms with Crippen LogP contribution in [0.3, 0.4) is 0 Å². The molecule has 0 aliphatic rings. The number of anilines is 1. The van der Waals surface area contributed by atoms with Crippen LogP contribution in [0.1, 0.15) is 16.1 Å².